The minimum Gasteiger partial charge on any atom is -0.326 e. The Hall–Kier alpha value is -3.55. The van der Waals surface area contributed by atoms with Crippen molar-refractivity contribution in [1.82, 2.24) is 5.43 Å². The van der Waals surface area contributed by atoms with Gasteiger partial charge in [0.2, 0.25) is 11.8 Å². The summed E-state index contributed by atoms with van der Waals surface area (Å²) in [4.78, 5) is 34.0. The molecule has 0 fully saturated rings. The van der Waals surface area contributed by atoms with Crippen molar-refractivity contribution in [1.29, 1.82) is 0 Å². The quantitative estimate of drug-likeness (QED) is 0.444. The average Bonchev–Trinajstić information content (AvgIpc) is 2.64. The van der Waals surface area contributed by atoms with E-state index >= 15 is 0 Å². The molecule has 0 bridgehead atoms. The van der Waals surface area contributed by atoms with Crippen LogP contribution in [0.3, 0.4) is 0 Å². The van der Waals surface area contributed by atoms with Crippen molar-refractivity contribution in [3.63, 3.8) is 0 Å². The molecular weight excluding hydrogens is 348 g/mol. The molecule has 8 heteroatoms. The van der Waals surface area contributed by atoms with Crippen molar-refractivity contribution in [2.75, 3.05) is 5.32 Å². The van der Waals surface area contributed by atoms with Crippen LogP contribution in [-0.4, -0.2) is 23.0 Å². The van der Waals surface area contributed by atoms with E-state index in [0.29, 0.717) is 5.56 Å². The second-order valence-corrected chi connectivity index (χ2v) is 5.94. The first-order chi connectivity index (χ1) is 12.9. The summed E-state index contributed by atoms with van der Waals surface area (Å²) < 4.78 is 0. The largest absolute Gasteiger partial charge is 0.326 e. The molecule has 2 amide bonds. The van der Waals surface area contributed by atoms with Gasteiger partial charge in [0.25, 0.3) is 5.69 Å². The Labute approximate surface area is 156 Å². The van der Waals surface area contributed by atoms with Crippen LogP contribution in [0.1, 0.15) is 29.5 Å². The van der Waals surface area contributed by atoms with Crippen molar-refractivity contribution in [2.45, 2.75) is 26.7 Å². The number of carbonyl (C=O) groups is 2. The second kappa shape index (κ2) is 9.23. The third-order valence-corrected chi connectivity index (χ3v) is 3.94. The normalized spacial score (nSPS) is 10.6. The van der Waals surface area contributed by atoms with Gasteiger partial charge in [0.15, 0.2) is 0 Å². The highest BCUT2D eigenvalue weighted by Gasteiger charge is 2.09. The molecule has 0 saturated carbocycles. The Morgan fingerprint density at radius 3 is 2.56 bits per heavy atom. The summed E-state index contributed by atoms with van der Waals surface area (Å²) >= 11 is 0. The number of non-ortho nitro benzene ring substituents is 1. The lowest BCUT2D eigenvalue weighted by Gasteiger charge is -2.10. The van der Waals surface area contributed by atoms with Crippen LogP contribution in [0.2, 0.25) is 0 Å². The predicted molar refractivity (Wildman–Crippen MR) is 103 cm³/mol. The number of benzene rings is 2. The summed E-state index contributed by atoms with van der Waals surface area (Å²) in [6.07, 6.45) is 1.30. The summed E-state index contributed by atoms with van der Waals surface area (Å²) in [7, 11) is 0. The fourth-order valence-electron chi connectivity index (χ4n) is 2.28. The van der Waals surface area contributed by atoms with Crippen LogP contribution in [0.25, 0.3) is 0 Å². The maximum absolute atomic E-state index is 12.0. The number of nitrogens with zero attached hydrogens (tertiary/aromatic N) is 2. The van der Waals surface area contributed by atoms with E-state index in [4.69, 9.17) is 0 Å². The van der Waals surface area contributed by atoms with Crippen LogP contribution in [0.5, 0.6) is 0 Å². The number of nitro benzene ring substituents is 1. The summed E-state index contributed by atoms with van der Waals surface area (Å²) in [6.45, 7) is 3.87. The number of hydrogen-bond acceptors (Lipinski definition) is 5. The molecule has 2 aromatic rings. The van der Waals surface area contributed by atoms with E-state index in [1.807, 2.05) is 32.0 Å². The lowest BCUT2D eigenvalue weighted by atomic mass is 10.1. The van der Waals surface area contributed by atoms with Gasteiger partial charge in [0.05, 0.1) is 11.1 Å². The van der Waals surface area contributed by atoms with Crippen molar-refractivity contribution in [2.24, 2.45) is 5.10 Å². The zero-order valence-electron chi connectivity index (χ0n) is 15.1. The molecule has 0 aliphatic rings. The summed E-state index contributed by atoms with van der Waals surface area (Å²) in [5.74, 6) is -0.686. The minimum absolute atomic E-state index is 0.0194. The number of anilines is 1. The molecule has 0 radical (unpaired) electrons. The van der Waals surface area contributed by atoms with Crippen molar-refractivity contribution >= 4 is 29.4 Å². The number of hydrogen-bond donors (Lipinski definition) is 2. The molecule has 0 spiro atoms. The van der Waals surface area contributed by atoms with E-state index < -0.39 is 10.8 Å². The van der Waals surface area contributed by atoms with Gasteiger partial charge >= 0.3 is 0 Å². The molecule has 0 heterocycles. The Kier molecular flexibility index (Phi) is 6.76. The predicted octanol–water partition coefficient (Wildman–Crippen LogP) is 3.08. The SMILES string of the molecule is Cc1cccc(NC(=O)CCC(=O)N/N=C\c2cccc([N+](=O)[O-])c2)c1C. The molecule has 0 aromatic heterocycles. The lowest BCUT2D eigenvalue weighted by Crippen LogP contribution is -2.21. The minimum atomic E-state index is -0.509. The number of aryl methyl sites for hydroxylation is 1. The average molecular weight is 368 g/mol. The molecule has 0 aliphatic carbocycles. The maximum atomic E-state index is 12.0. The molecule has 0 atom stereocenters. The number of rotatable bonds is 7. The highest BCUT2D eigenvalue weighted by Crippen LogP contribution is 2.18. The summed E-state index contributed by atoms with van der Waals surface area (Å²) in [5.41, 5.74) is 5.50. The number of nitrogens with one attached hydrogen (secondary N) is 2. The van der Waals surface area contributed by atoms with Gasteiger partial charge in [-0.05, 0) is 31.0 Å². The van der Waals surface area contributed by atoms with E-state index in [2.05, 4.69) is 15.8 Å². The molecule has 8 nitrogen and oxygen atoms in total. The highest BCUT2D eigenvalue weighted by atomic mass is 16.6. The Bertz CT molecular complexity index is 893. The van der Waals surface area contributed by atoms with E-state index in [-0.39, 0.29) is 24.4 Å². The van der Waals surface area contributed by atoms with Crippen molar-refractivity contribution in [3.05, 3.63) is 69.3 Å². The Balaban J connectivity index is 1.80. The molecular formula is C19H20N4O4. The van der Waals surface area contributed by atoms with E-state index in [0.717, 1.165) is 16.8 Å². The van der Waals surface area contributed by atoms with Gasteiger partial charge in [-0.3, -0.25) is 19.7 Å². The standard InChI is InChI=1S/C19H20N4O4/c1-13-5-3-8-17(14(13)2)21-18(24)9-10-19(25)22-20-12-15-6-4-7-16(11-15)23(26)27/h3-8,11-12H,9-10H2,1-2H3,(H,21,24)(H,22,25)/b20-12-. The first kappa shape index (κ1) is 19.8. The zero-order chi connectivity index (χ0) is 19.8. The molecule has 2 N–H and O–H groups in total. The number of amides is 2. The third-order valence-electron chi connectivity index (χ3n) is 3.94. The van der Waals surface area contributed by atoms with E-state index in [1.165, 1.54) is 24.4 Å². The van der Waals surface area contributed by atoms with Crippen LogP contribution >= 0.6 is 0 Å². The third kappa shape index (κ3) is 6.03. The topological polar surface area (TPSA) is 114 Å². The van der Waals surface area contributed by atoms with Crippen LogP contribution in [0.15, 0.2) is 47.6 Å². The van der Waals surface area contributed by atoms with Gasteiger partial charge in [0, 0.05) is 36.2 Å². The van der Waals surface area contributed by atoms with E-state index in [1.54, 1.807) is 6.07 Å². The molecule has 0 aliphatic heterocycles. The summed E-state index contributed by atoms with van der Waals surface area (Å²) in [5, 5.41) is 17.2. The van der Waals surface area contributed by atoms with Gasteiger partial charge in [-0.25, -0.2) is 5.43 Å². The van der Waals surface area contributed by atoms with E-state index in [9.17, 15) is 19.7 Å². The van der Waals surface area contributed by atoms with Gasteiger partial charge in [-0.1, -0.05) is 24.3 Å². The molecule has 27 heavy (non-hydrogen) atoms. The van der Waals surface area contributed by atoms with Crippen LogP contribution in [0.4, 0.5) is 11.4 Å². The monoisotopic (exact) mass is 368 g/mol. The van der Waals surface area contributed by atoms with Gasteiger partial charge in [0.1, 0.15) is 0 Å². The van der Waals surface area contributed by atoms with Crippen LogP contribution < -0.4 is 10.7 Å². The second-order valence-electron chi connectivity index (χ2n) is 5.94. The molecule has 0 saturated heterocycles. The van der Waals surface area contributed by atoms with Crippen molar-refractivity contribution in [3.8, 4) is 0 Å². The molecule has 2 aromatic carbocycles. The molecule has 2 rings (SSSR count). The molecule has 0 unspecified atom stereocenters. The number of nitro groups is 1. The Morgan fingerprint density at radius 1 is 1.11 bits per heavy atom. The summed E-state index contributed by atoms with van der Waals surface area (Å²) in [6, 6.07) is 11.5. The molecule has 140 valence electrons. The van der Waals surface area contributed by atoms with Crippen LogP contribution in [0, 0.1) is 24.0 Å². The smallest absolute Gasteiger partial charge is 0.270 e. The van der Waals surface area contributed by atoms with Gasteiger partial charge in [-0.2, -0.15) is 5.10 Å². The fourth-order valence-corrected chi connectivity index (χ4v) is 2.28. The van der Waals surface area contributed by atoms with Crippen molar-refractivity contribution < 1.29 is 14.5 Å². The van der Waals surface area contributed by atoms with Gasteiger partial charge in [-0.15, -0.1) is 0 Å². The first-order valence-corrected chi connectivity index (χ1v) is 8.29. The maximum Gasteiger partial charge on any atom is 0.270 e. The lowest BCUT2D eigenvalue weighted by molar-refractivity contribution is -0.384. The fraction of sp³-hybridized carbons (Fsp3) is 0.211. The number of hydrazone groups is 1. The first-order valence-electron chi connectivity index (χ1n) is 8.29. The Morgan fingerprint density at radius 2 is 1.81 bits per heavy atom. The van der Waals surface area contributed by atoms with Gasteiger partial charge < -0.3 is 5.32 Å². The number of carbonyl (C=O) groups excluding carboxylic acids is 2. The van der Waals surface area contributed by atoms with Crippen LogP contribution in [-0.2, 0) is 9.59 Å². The zero-order valence-corrected chi connectivity index (χ0v) is 15.1. The highest BCUT2D eigenvalue weighted by molar-refractivity contribution is 5.94.